The zero-order chi connectivity index (χ0) is 15.9. The van der Waals surface area contributed by atoms with Crippen LogP contribution in [0.3, 0.4) is 0 Å². The molecule has 0 aliphatic carbocycles. The average Bonchev–Trinajstić information content (AvgIpc) is 3.03. The molecule has 5 heteroatoms. The van der Waals surface area contributed by atoms with Gasteiger partial charge in [0.15, 0.2) is 0 Å². The summed E-state index contributed by atoms with van der Waals surface area (Å²) in [5.74, 6) is 1.36. The molecule has 0 amide bonds. The van der Waals surface area contributed by atoms with Crippen molar-refractivity contribution in [1.29, 1.82) is 0 Å². The van der Waals surface area contributed by atoms with E-state index in [1.807, 2.05) is 12.1 Å². The molecule has 0 saturated carbocycles. The molecule has 1 aromatic carbocycles. The Bertz CT molecular complexity index is 678. The number of pyridine rings is 1. The van der Waals surface area contributed by atoms with E-state index < -0.39 is 0 Å². The number of ether oxygens (including phenoxy) is 1. The molecule has 2 fully saturated rings. The molecule has 2 aromatic rings. The van der Waals surface area contributed by atoms with Crippen molar-refractivity contribution in [3.63, 3.8) is 0 Å². The van der Waals surface area contributed by atoms with E-state index in [1.165, 1.54) is 5.56 Å². The van der Waals surface area contributed by atoms with Crippen LogP contribution in [0.15, 0.2) is 42.6 Å². The van der Waals surface area contributed by atoms with E-state index in [-0.39, 0.29) is 5.60 Å². The van der Waals surface area contributed by atoms with Crippen LogP contribution in [-0.4, -0.2) is 29.8 Å². The largest absolute Gasteiger partial charge is 0.371 e. The number of benzene rings is 1. The molecule has 3 heterocycles. The van der Waals surface area contributed by atoms with Crippen molar-refractivity contribution in [3.8, 4) is 0 Å². The highest BCUT2D eigenvalue weighted by molar-refractivity contribution is 6.30. The van der Waals surface area contributed by atoms with E-state index in [4.69, 9.17) is 16.3 Å². The first kappa shape index (κ1) is 14.9. The lowest BCUT2D eigenvalue weighted by Crippen LogP contribution is -2.41. The first-order valence-corrected chi connectivity index (χ1v) is 8.37. The highest BCUT2D eigenvalue weighted by atomic mass is 35.5. The summed E-state index contributed by atoms with van der Waals surface area (Å²) in [6.45, 7) is 4.08. The molecule has 23 heavy (non-hydrogen) atoms. The maximum Gasteiger partial charge on any atom is 0.130 e. The van der Waals surface area contributed by atoms with Crippen LogP contribution in [-0.2, 0) is 11.2 Å². The van der Waals surface area contributed by atoms with Crippen molar-refractivity contribution >= 4 is 23.1 Å². The Morgan fingerprint density at radius 2 is 2.13 bits per heavy atom. The van der Waals surface area contributed by atoms with E-state index >= 15 is 0 Å². The zero-order valence-electron chi connectivity index (χ0n) is 13.1. The lowest BCUT2D eigenvalue weighted by molar-refractivity contribution is -0.0189. The van der Waals surface area contributed by atoms with Crippen molar-refractivity contribution < 1.29 is 4.74 Å². The number of halogens is 1. The molecular weight excluding hydrogens is 310 g/mol. The van der Waals surface area contributed by atoms with Gasteiger partial charge >= 0.3 is 0 Å². The van der Waals surface area contributed by atoms with Gasteiger partial charge in [-0.2, -0.15) is 0 Å². The van der Waals surface area contributed by atoms with Crippen LogP contribution in [0.4, 0.5) is 11.5 Å². The Morgan fingerprint density at radius 1 is 1.30 bits per heavy atom. The summed E-state index contributed by atoms with van der Waals surface area (Å²) in [5, 5.41) is 7.48. The Hall–Kier alpha value is -1.62. The van der Waals surface area contributed by atoms with Crippen LogP contribution in [0.1, 0.15) is 12.5 Å². The maximum atomic E-state index is 6.09. The highest BCUT2D eigenvalue weighted by Gasteiger charge is 2.52. The van der Waals surface area contributed by atoms with Crippen LogP contribution in [0, 0.1) is 5.92 Å². The second kappa shape index (κ2) is 5.78. The van der Waals surface area contributed by atoms with Gasteiger partial charge in [-0.25, -0.2) is 4.98 Å². The summed E-state index contributed by atoms with van der Waals surface area (Å²) in [4.78, 5) is 4.25. The molecule has 0 unspecified atom stereocenters. The van der Waals surface area contributed by atoms with Crippen LogP contribution in [0.2, 0.25) is 5.02 Å². The minimum Gasteiger partial charge on any atom is -0.371 e. The number of rotatable bonds is 4. The second-order valence-electron chi connectivity index (χ2n) is 6.51. The Kier molecular flexibility index (Phi) is 3.76. The summed E-state index contributed by atoms with van der Waals surface area (Å²) in [6.07, 6.45) is 2.59. The first-order valence-electron chi connectivity index (χ1n) is 7.99. The average molecular weight is 330 g/mol. The van der Waals surface area contributed by atoms with Crippen molar-refractivity contribution in [2.45, 2.75) is 25.0 Å². The van der Waals surface area contributed by atoms with Gasteiger partial charge in [0.25, 0.3) is 0 Å². The minimum atomic E-state index is -0.0304. The van der Waals surface area contributed by atoms with Gasteiger partial charge in [-0.1, -0.05) is 30.7 Å². The number of hydrogen-bond donors (Lipinski definition) is 2. The second-order valence-corrected chi connectivity index (χ2v) is 6.95. The third-order valence-corrected chi connectivity index (χ3v) is 5.33. The van der Waals surface area contributed by atoms with E-state index in [0.717, 1.165) is 31.1 Å². The summed E-state index contributed by atoms with van der Waals surface area (Å²) < 4.78 is 6.09. The fraction of sp³-hybridized carbons (Fsp3) is 0.389. The fourth-order valence-electron chi connectivity index (χ4n) is 3.57. The molecule has 0 spiro atoms. The van der Waals surface area contributed by atoms with Crippen molar-refractivity contribution in [3.05, 3.63) is 53.2 Å². The summed E-state index contributed by atoms with van der Waals surface area (Å²) in [6, 6.07) is 12.7. The van der Waals surface area contributed by atoms with Crippen molar-refractivity contribution in [1.82, 2.24) is 10.3 Å². The number of nitrogens with one attached hydrogen (secondary N) is 2. The molecule has 0 radical (unpaired) electrons. The lowest BCUT2D eigenvalue weighted by Gasteiger charge is -2.29. The number of fused-ring (bicyclic) bond motifs is 2. The number of aromatic nitrogens is 1. The van der Waals surface area contributed by atoms with Crippen LogP contribution in [0.5, 0.6) is 0 Å². The lowest BCUT2D eigenvalue weighted by atomic mass is 9.85. The Morgan fingerprint density at radius 3 is 2.70 bits per heavy atom. The standard InChI is InChI=1S/C18H20ClN3O/c1-12-16-10-23-18(12,11-21-16)8-13-2-5-15(6-3-13)22-17-7-4-14(19)9-20-17/h2-7,9,12,16,21H,8,10-11H2,1H3,(H,20,22)/t12-,16-,18-/m1/s1. The van der Waals surface area contributed by atoms with Gasteiger partial charge in [-0.15, -0.1) is 0 Å². The summed E-state index contributed by atoms with van der Waals surface area (Å²) in [5.41, 5.74) is 2.29. The number of hydrogen-bond acceptors (Lipinski definition) is 4. The SMILES string of the molecule is C[C@@H]1[C@H]2CO[C@]1(Cc1ccc(Nc3ccc(Cl)cn3)cc1)CN2. The molecule has 4 nitrogen and oxygen atoms in total. The Labute approximate surface area is 141 Å². The topological polar surface area (TPSA) is 46.2 Å². The van der Waals surface area contributed by atoms with Crippen LogP contribution >= 0.6 is 11.6 Å². The van der Waals surface area contributed by atoms with E-state index in [9.17, 15) is 0 Å². The van der Waals surface area contributed by atoms with Gasteiger partial charge in [0.1, 0.15) is 5.82 Å². The molecule has 2 N–H and O–H groups in total. The Balaban J connectivity index is 1.45. The molecule has 3 atom stereocenters. The predicted octanol–water partition coefficient (Wildman–Crippen LogP) is 3.40. The van der Waals surface area contributed by atoms with Gasteiger partial charge in [-0.3, -0.25) is 0 Å². The van der Waals surface area contributed by atoms with Gasteiger partial charge in [0.05, 0.1) is 17.2 Å². The van der Waals surface area contributed by atoms with Gasteiger partial charge < -0.3 is 15.4 Å². The fourth-order valence-corrected chi connectivity index (χ4v) is 3.69. The molecule has 120 valence electrons. The normalized spacial score (nSPS) is 29.0. The molecule has 4 rings (SSSR count). The third-order valence-electron chi connectivity index (χ3n) is 5.10. The van der Waals surface area contributed by atoms with E-state index in [2.05, 4.69) is 46.8 Å². The highest BCUT2D eigenvalue weighted by Crippen LogP contribution is 2.39. The van der Waals surface area contributed by atoms with Crippen LogP contribution in [0.25, 0.3) is 0 Å². The van der Waals surface area contributed by atoms with Crippen LogP contribution < -0.4 is 10.6 Å². The predicted molar refractivity (Wildman–Crippen MR) is 92.3 cm³/mol. The minimum absolute atomic E-state index is 0.0304. The quantitative estimate of drug-likeness (QED) is 0.902. The van der Waals surface area contributed by atoms with Gasteiger partial charge in [0, 0.05) is 36.8 Å². The molecule has 1 aromatic heterocycles. The molecule has 2 saturated heterocycles. The third kappa shape index (κ3) is 2.82. The molecular formula is C18H20ClN3O. The van der Waals surface area contributed by atoms with Crippen molar-refractivity contribution in [2.75, 3.05) is 18.5 Å². The van der Waals surface area contributed by atoms with E-state index in [1.54, 1.807) is 6.20 Å². The maximum absolute atomic E-state index is 6.09. The molecule has 2 bridgehead atoms. The summed E-state index contributed by atoms with van der Waals surface area (Å²) >= 11 is 5.85. The zero-order valence-corrected chi connectivity index (χ0v) is 13.8. The first-order chi connectivity index (χ1) is 11.1. The number of anilines is 2. The van der Waals surface area contributed by atoms with Gasteiger partial charge in [0.2, 0.25) is 0 Å². The number of morpholine rings is 1. The summed E-state index contributed by atoms with van der Waals surface area (Å²) in [7, 11) is 0. The van der Waals surface area contributed by atoms with E-state index in [0.29, 0.717) is 17.0 Å². The molecule has 2 aliphatic heterocycles. The van der Waals surface area contributed by atoms with Crippen molar-refractivity contribution in [2.24, 2.45) is 5.92 Å². The monoisotopic (exact) mass is 329 g/mol. The smallest absolute Gasteiger partial charge is 0.130 e. The molecule has 2 aliphatic rings. The number of nitrogens with zero attached hydrogens (tertiary/aromatic N) is 1. The van der Waals surface area contributed by atoms with Gasteiger partial charge in [-0.05, 0) is 29.8 Å².